The van der Waals surface area contributed by atoms with Crippen LogP contribution in [0.4, 0.5) is 0 Å². The van der Waals surface area contributed by atoms with E-state index in [9.17, 15) is 0 Å². The van der Waals surface area contributed by atoms with Crippen LogP contribution in [0.3, 0.4) is 0 Å². The van der Waals surface area contributed by atoms with Crippen LogP contribution in [0.15, 0.2) is 47.6 Å². The van der Waals surface area contributed by atoms with Crippen LogP contribution in [0.5, 0.6) is 0 Å². The highest BCUT2D eigenvalue weighted by atomic mass is 14.3. The fourth-order valence-electron chi connectivity index (χ4n) is 2.31. The third-order valence-electron chi connectivity index (χ3n) is 4.09. The van der Waals surface area contributed by atoms with E-state index in [1.807, 2.05) is 6.08 Å². The highest BCUT2D eigenvalue weighted by Gasteiger charge is 2.23. The number of allylic oxidation sites excluding steroid dienone is 6. The Morgan fingerprint density at radius 1 is 0.905 bits per heavy atom. The van der Waals surface area contributed by atoms with Crippen molar-refractivity contribution in [1.82, 2.24) is 0 Å². The average Bonchev–Trinajstić information content (AvgIpc) is 2.32. The second-order valence-corrected chi connectivity index (χ2v) is 8.25. The quantitative estimate of drug-likeness (QED) is 0.451. The van der Waals surface area contributed by atoms with Crippen LogP contribution >= 0.6 is 0 Å². The first kappa shape index (κ1) is 20.0. The molecule has 0 aliphatic carbocycles. The van der Waals surface area contributed by atoms with Crippen molar-refractivity contribution in [3.05, 3.63) is 47.6 Å². The molecule has 120 valence electrons. The van der Waals surface area contributed by atoms with Crippen LogP contribution in [-0.2, 0) is 0 Å². The molecule has 0 heteroatoms. The second-order valence-electron chi connectivity index (χ2n) is 8.25. The predicted molar refractivity (Wildman–Crippen MR) is 98.6 cm³/mol. The standard InChI is InChI=1S/C21H36/c1-11-16(2)13-12-14-17(3)15-19(21(8,9)10)18(4)20(5,6)7/h11,15H,1-2,12-14H2,3-10H3/b17-15-,19-18-. The van der Waals surface area contributed by atoms with Crippen LogP contribution in [0.1, 0.15) is 74.7 Å². The van der Waals surface area contributed by atoms with Crippen molar-refractivity contribution in [2.45, 2.75) is 74.7 Å². The van der Waals surface area contributed by atoms with Gasteiger partial charge in [-0.05, 0) is 49.5 Å². The minimum atomic E-state index is 0.184. The van der Waals surface area contributed by atoms with Gasteiger partial charge in [-0.3, -0.25) is 0 Å². The zero-order valence-electron chi connectivity index (χ0n) is 15.7. The van der Waals surface area contributed by atoms with Gasteiger partial charge in [0, 0.05) is 0 Å². The first-order chi connectivity index (χ1) is 9.39. The molecule has 0 radical (unpaired) electrons. The van der Waals surface area contributed by atoms with Gasteiger partial charge in [0.15, 0.2) is 0 Å². The lowest BCUT2D eigenvalue weighted by Crippen LogP contribution is -2.17. The van der Waals surface area contributed by atoms with E-state index in [-0.39, 0.29) is 10.8 Å². The molecular weight excluding hydrogens is 252 g/mol. The Kier molecular flexibility index (Phi) is 7.44. The summed E-state index contributed by atoms with van der Waals surface area (Å²) in [6.45, 7) is 26.1. The maximum absolute atomic E-state index is 3.98. The van der Waals surface area contributed by atoms with Crippen molar-refractivity contribution in [2.24, 2.45) is 10.8 Å². The van der Waals surface area contributed by atoms with Gasteiger partial charge >= 0.3 is 0 Å². The molecule has 21 heavy (non-hydrogen) atoms. The summed E-state index contributed by atoms with van der Waals surface area (Å²) in [7, 11) is 0. The molecule has 0 unspecified atom stereocenters. The lowest BCUT2D eigenvalue weighted by Gasteiger charge is -2.30. The molecule has 0 saturated carbocycles. The fourth-order valence-corrected chi connectivity index (χ4v) is 2.31. The second kappa shape index (κ2) is 7.82. The maximum Gasteiger partial charge on any atom is -0.0132 e. The minimum absolute atomic E-state index is 0.184. The van der Waals surface area contributed by atoms with Crippen LogP contribution in [-0.4, -0.2) is 0 Å². The Morgan fingerprint density at radius 3 is 1.81 bits per heavy atom. The molecule has 0 aliphatic rings. The van der Waals surface area contributed by atoms with Crippen LogP contribution in [0, 0.1) is 10.8 Å². The van der Waals surface area contributed by atoms with E-state index in [0.717, 1.165) is 24.8 Å². The van der Waals surface area contributed by atoms with Crippen LogP contribution < -0.4 is 0 Å². The lowest BCUT2D eigenvalue weighted by molar-refractivity contribution is 0.453. The van der Waals surface area contributed by atoms with Crippen LogP contribution in [0.2, 0.25) is 0 Å². The van der Waals surface area contributed by atoms with E-state index in [2.05, 4.69) is 74.6 Å². The largest absolute Gasteiger partial charge is 0.0988 e. The van der Waals surface area contributed by atoms with Gasteiger partial charge in [-0.25, -0.2) is 0 Å². The topological polar surface area (TPSA) is 0 Å². The third kappa shape index (κ3) is 7.50. The van der Waals surface area contributed by atoms with Crippen molar-refractivity contribution in [3.63, 3.8) is 0 Å². The summed E-state index contributed by atoms with van der Waals surface area (Å²) in [5, 5.41) is 0. The zero-order chi connectivity index (χ0) is 16.8. The van der Waals surface area contributed by atoms with Gasteiger partial charge in [-0.1, -0.05) is 83.6 Å². The Hall–Kier alpha value is -1.04. The zero-order valence-corrected chi connectivity index (χ0v) is 15.7. The summed E-state index contributed by atoms with van der Waals surface area (Å²) in [6.07, 6.45) is 7.60. The molecule has 0 aliphatic heterocycles. The molecule has 0 fully saturated rings. The minimum Gasteiger partial charge on any atom is -0.0988 e. The van der Waals surface area contributed by atoms with Gasteiger partial charge in [0.2, 0.25) is 0 Å². The average molecular weight is 289 g/mol. The molecule has 0 aromatic carbocycles. The van der Waals surface area contributed by atoms with Gasteiger partial charge in [0.05, 0.1) is 0 Å². The number of hydrogen-bond donors (Lipinski definition) is 0. The summed E-state index contributed by atoms with van der Waals surface area (Å²) < 4.78 is 0. The van der Waals surface area contributed by atoms with E-state index < -0.39 is 0 Å². The van der Waals surface area contributed by atoms with E-state index in [0.29, 0.717) is 0 Å². The van der Waals surface area contributed by atoms with Crippen molar-refractivity contribution in [2.75, 3.05) is 0 Å². The molecule has 0 heterocycles. The molecule has 0 bridgehead atoms. The summed E-state index contributed by atoms with van der Waals surface area (Å²) in [5.41, 5.74) is 5.97. The van der Waals surface area contributed by atoms with E-state index >= 15 is 0 Å². The number of hydrogen-bond acceptors (Lipinski definition) is 0. The molecular formula is C21H36. The normalized spacial score (nSPS) is 14.8. The molecule has 0 saturated heterocycles. The first-order valence-electron chi connectivity index (χ1n) is 8.08. The Balaban J connectivity index is 5.19. The Labute approximate surface area is 133 Å². The smallest absolute Gasteiger partial charge is 0.0132 e. The number of rotatable bonds is 6. The highest BCUT2D eigenvalue weighted by Crippen LogP contribution is 2.37. The molecule has 0 N–H and O–H groups in total. The summed E-state index contributed by atoms with van der Waals surface area (Å²) in [4.78, 5) is 0. The monoisotopic (exact) mass is 288 g/mol. The van der Waals surface area contributed by atoms with Gasteiger partial charge < -0.3 is 0 Å². The van der Waals surface area contributed by atoms with Crippen molar-refractivity contribution >= 4 is 0 Å². The predicted octanol–water partition coefficient (Wildman–Crippen LogP) is 7.25. The summed E-state index contributed by atoms with van der Waals surface area (Å²) in [6, 6.07) is 0. The third-order valence-corrected chi connectivity index (χ3v) is 4.09. The van der Waals surface area contributed by atoms with E-state index in [1.165, 1.54) is 16.7 Å². The molecule has 0 nitrogen and oxygen atoms in total. The maximum atomic E-state index is 3.98. The molecule has 0 aromatic rings. The molecule has 0 amide bonds. The highest BCUT2D eigenvalue weighted by molar-refractivity contribution is 5.34. The lowest BCUT2D eigenvalue weighted by atomic mass is 9.75. The van der Waals surface area contributed by atoms with Crippen LogP contribution in [0.25, 0.3) is 0 Å². The van der Waals surface area contributed by atoms with Crippen molar-refractivity contribution in [3.8, 4) is 0 Å². The van der Waals surface area contributed by atoms with Gasteiger partial charge in [0.1, 0.15) is 0 Å². The van der Waals surface area contributed by atoms with E-state index in [1.54, 1.807) is 0 Å². The first-order valence-corrected chi connectivity index (χ1v) is 8.08. The van der Waals surface area contributed by atoms with Gasteiger partial charge in [-0.15, -0.1) is 0 Å². The molecule has 0 atom stereocenters. The SMILES string of the molecule is C=CC(=C)CCC/C(C)=C\C(=C(/C)C(C)(C)C)C(C)(C)C. The Bertz CT molecular complexity index is 428. The van der Waals surface area contributed by atoms with E-state index in [4.69, 9.17) is 0 Å². The molecule has 0 spiro atoms. The molecule has 0 rings (SSSR count). The van der Waals surface area contributed by atoms with Gasteiger partial charge in [-0.2, -0.15) is 0 Å². The molecule has 0 aromatic heterocycles. The Morgan fingerprint density at radius 2 is 1.43 bits per heavy atom. The summed E-state index contributed by atoms with van der Waals surface area (Å²) >= 11 is 0. The fraction of sp³-hybridized carbons (Fsp3) is 0.619. The summed E-state index contributed by atoms with van der Waals surface area (Å²) in [5.74, 6) is 0. The van der Waals surface area contributed by atoms with Crippen molar-refractivity contribution in [1.29, 1.82) is 0 Å². The van der Waals surface area contributed by atoms with Gasteiger partial charge in [0.25, 0.3) is 0 Å². The van der Waals surface area contributed by atoms with Crippen molar-refractivity contribution < 1.29 is 0 Å².